The second kappa shape index (κ2) is 4.57. The van der Waals surface area contributed by atoms with E-state index in [1.807, 2.05) is 12.3 Å². The summed E-state index contributed by atoms with van der Waals surface area (Å²) in [7, 11) is 0. The van der Waals surface area contributed by atoms with Crippen LogP contribution in [0.15, 0.2) is 24.4 Å². The van der Waals surface area contributed by atoms with Crippen LogP contribution in [0.3, 0.4) is 0 Å². The quantitative estimate of drug-likeness (QED) is 0.861. The smallest absolute Gasteiger partial charge is 0.168 e. The van der Waals surface area contributed by atoms with Crippen LogP contribution in [0.25, 0.3) is 10.9 Å². The van der Waals surface area contributed by atoms with Crippen LogP contribution in [-0.4, -0.2) is 24.0 Å². The van der Waals surface area contributed by atoms with E-state index in [1.165, 1.54) is 11.6 Å². The predicted octanol–water partition coefficient (Wildman–Crippen LogP) is 3.71. The summed E-state index contributed by atoms with van der Waals surface area (Å²) in [6.45, 7) is 1.42. The third-order valence-electron chi connectivity index (χ3n) is 4.70. The van der Waals surface area contributed by atoms with Crippen molar-refractivity contribution in [1.82, 2.24) is 4.98 Å². The van der Waals surface area contributed by atoms with Gasteiger partial charge in [-0.1, -0.05) is 12.1 Å². The van der Waals surface area contributed by atoms with Crippen molar-refractivity contribution >= 4 is 10.9 Å². The van der Waals surface area contributed by atoms with Crippen LogP contribution in [0.2, 0.25) is 0 Å². The molecule has 1 saturated carbocycles. The van der Waals surface area contributed by atoms with E-state index < -0.39 is 0 Å². The molecule has 1 spiro atoms. The summed E-state index contributed by atoms with van der Waals surface area (Å²) in [6, 6.07) is 5.28. The number of hydrogen-bond donors (Lipinski definition) is 1. The Kier molecular flexibility index (Phi) is 2.82. The topological polar surface area (TPSA) is 34.2 Å². The van der Waals surface area contributed by atoms with Crippen molar-refractivity contribution in [2.45, 2.75) is 37.4 Å². The van der Waals surface area contributed by atoms with E-state index in [1.54, 1.807) is 6.07 Å². The fourth-order valence-corrected chi connectivity index (χ4v) is 3.63. The van der Waals surface area contributed by atoms with Gasteiger partial charge in [0.1, 0.15) is 5.82 Å². The molecule has 0 amide bonds. The number of nitrogens with one attached hydrogen (secondary N) is 1. The molecule has 4 heteroatoms. The van der Waals surface area contributed by atoms with E-state index in [-0.39, 0.29) is 11.6 Å². The number of H-pyrrole nitrogens is 1. The zero-order chi connectivity index (χ0) is 13.6. The highest BCUT2D eigenvalue weighted by Gasteiger charge is 2.40. The van der Waals surface area contributed by atoms with Crippen molar-refractivity contribution in [2.24, 2.45) is 0 Å². The molecule has 20 heavy (non-hydrogen) atoms. The standard InChI is InChI=1S/C16H18FNO2/c17-14-3-1-2-12-13(10-18-15(12)14)11-4-6-16(7-5-11)19-8-9-20-16/h1-3,10-11,18H,4-9H2. The number of ether oxygens (including phenoxy) is 2. The molecule has 1 aliphatic carbocycles. The van der Waals surface area contributed by atoms with Crippen molar-refractivity contribution in [2.75, 3.05) is 13.2 Å². The molecule has 1 aromatic carbocycles. The van der Waals surface area contributed by atoms with Gasteiger partial charge in [-0.3, -0.25) is 0 Å². The van der Waals surface area contributed by atoms with E-state index >= 15 is 0 Å². The second-order valence-corrected chi connectivity index (χ2v) is 5.79. The van der Waals surface area contributed by atoms with Gasteiger partial charge in [-0.15, -0.1) is 0 Å². The third kappa shape index (κ3) is 1.86. The molecule has 4 rings (SSSR count). The lowest BCUT2D eigenvalue weighted by Crippen LogP contribution is -2.34. The van der Waals surface area contributed by atoms with Crippen molar-refractivity contribution in [3.05, 3.63) is 35.8 Å². The average molecular weight is 275 g/mol. The molecule has 0 atom stereocenters. The average Bonchev–Trinajstić information content (AvgIpc) is 3.09. The number of benzene rings is 1. The fraction of sp³-hybridized carbons (Fsp3) is 0.500. The molecular formula is C16H18FNO2. The van der Waals surface area contributed by atoms with Crippen LogP contribution < -0.4 is 0 Å². The minimum Gasteiger partial charge on any atom is -0.359 e. The van der Waals surface area contributed by atoms with Gasteiger partial charge in [-0.2, -0.15) is 0 Å². The molecule has 2 heterocycles. The molecule has 0 radical (unpaired) electrons. The second-order valence-electron chi connectivity index (χ2n) is 5.79. The van der Waals surface area contributed by atoms with E-state index in [4.69, 9.17) is 9.47 Å². The van der Waals surface area contributed by atoms with Gasteiger partial charge in [0, 0.05) is 24.4 Å². The largest absolute Gasteiger partial charge is 0.359 e. The Morgan fingerprint density at radius 3 is 2.65 bits per heavy atom. The summed E-state index contributed by atoms with van der Waals surface area (Å²) in [5.41, 5.74) is 1.85. The van der Waals surface area contributed by atoms with E-state index in [9.17, 15) is 4.39 Å². The van der Waals surface area contributed by atoms with Crippen molar-refractivity contribution in [3.63, 3.8) is 0 Å². The fourth-order valence-electron chi connectivity index (χ4n) is 3.63. The van der Waals surface area contributed by atoms with Gasteiger partial charge in [0.2, 0.25) is 0 Å². The number of fused-ring (bicyclic) bond motifs is 1. The molecule has 1 aromatic heterocycles. The molecule has 3 nitrogen and oxygen atoms in total. The molecular weight excluding hydrogens is 257 g/mol. The molecule has 0 bridgehead atoms. The normalized spacial score (nSPS) is 22.9. The van der Waals surface area contributed by atoms with Gasteiger partial charge in [0.25, 0.3) is 0 Å². The Morgan fingerprint density at radius 1 is 1.15 bits per heavy atom. The summed E-state index contributed by atoms with van der Waals surface area (Å²) in [4.78, 5) is 3.08. The SMILES string of the molecule is Fc1cccc2c(C3CCC4(CC3)OCCO4)c[nH]c12. The number of halogens is 1. The summed E-state index contributed by atoms with van der Waals surface area (Å²) < 4.78 is 25.3. The van der Waals surface area contributed by atoms with E-state index in [2.05, 4.69) is 4.98 Å². The Balaban J connectivity index is 1.60. The maximum atomic E-state index is 13.7. The van der Waals surface area contributed by atoms with Crippen LogP contribution in [-0.2, 0) is 9.47 Å². The molecule has 1 N–H and O–H groups in total. The molecule has 2 aromatic rings. The van der Waals surface area contributed by atoms with Gasteiger partial charge < -0.3 is 14.5 Å². The number of aromatic amines is 1. The van der Waals surface area contributed by atoms with Gasteiger partial charge >= 0.3 is 0 Å². The number of hydrogen-bond acceptors (Lipinski definition) is 2. The van der Waals surface area contributed by atoms with E-state index in [0.29, 0.717) is 24.6 Å². The van der Waals surface area contributed by atoms with Crippen LogP contribution >= 0.6 is 0 Å². The minimum absolute atomic E-state index is 0.177. The maximum absolute atomic E-state index is 13.7. The highest BCUT2D eigenvalue weighted by Crippen LogP contribution is 2.43. The molecule has 2 fully saturated rings. The summed E-state index contributed by atoms with van der Waals surface area (Å²) >= 11 is 0. The Labute approximate surface area is 117 Å². The first kappa shape index (κ1) is 12.4. The minimum atomic E-state index is -0.326. The number of rotatable bonds is 1. The van der Waals surface area contributed by atoms with Crippen LogP contribution in [0, 0.1) is 5.82 Å². The van der Waals surface area contributed by atoms with E-state index in [0.717, 1.165) is 31.1 Å². The van der Waals surface area contributed by atoms with Gasteiger partial charge in [-0.05, 0) is 30.4 Å². The Hall–Kier alpha value is -1.39. The third-order valence-corrected chi connectivity index (χ3v) is 4.70. The lowest BCUT2D eigenvalue weighted by atomic mass is 9.81. The molecule has 0 unspecified atom stereocenters. The first-order valence-electron chi connectivity index (χ1n) is 7.31. The van der Waals surface area contributed by atoms with Crippen molar-refractivity contribution < 1.29 is 13.9 Å². The van der Waals surface area contributed by atoms with Gasteiger partial charge in [0.15, 0.2) is 5.79 Å². The number of aromatic nitrogens is 1. The van der Waals surface area contributed by atoms with Crippen molar-refractivity contribution in [1.29, 1.82) is 0 Å². The van der Waals surface area contributed by atoms with Crippen molar-refractivity contribution in [3.8, 4) is 0 Å². The zero-order valence-electron chi connectivity index (χ0n) is 11.3. The van der Waals surface area contributed by atoms with Gasteiger partial charge in [0.05, 0.1) is 18.7 Å². The summed E-state index contributed by atoms with van der Waals surface area (Å²) in [6.07, 6.45) is 5.89. The number of para-hydroxylation sites is 1. The molecule has 1 aliphatic heterocycles. The Bertz CT molecular complexity index is 620. The van der Waals surface area contributed by atoms with Gasteiger partial charge in [-0.25, -0.2) is 4.39 Å². The highest BCUT2D eigenvalue weighted by molar-refractivity contribution is 5.84. The zero-order valence-corrected chi connectivity index (χ0v) is 11.3. The lowest BCUT2D eigenvalue weighted by Gasteiger charge is -2.35. The highest BCUT2D eigenvalue weighted by atomic mass is 19.1. The van der Waals surface area contributed by atoms with Crippen LogP contribution in [0.4, 0.5) is 4.39 Å². The summed E-state index contributed by atoms with van der Waals surface area (Å²) in [5.74, 6) is -0.0408. The lowest BCUT2D eigenvalue weighted by molar-refractivity contribution is -0.178. The summed E-state index contributed by atoms with van der Waals surface area (Å²) in [5, 5.41) is 1.01. The van der Waals surface area contributed by atoms with Crippen LogP contribution in [0.5, 0.6) is 0 Å². The predicted molar refractivity (Wildman–Crippen MR) is 74.1 cm³/mol. The molecule has 1 saturated heterocycles. The molecule has 2 aliphatic rings. The monoisotopic (exact) mass is 275 g/mol. The molecule has 106 valence electrons. The Morgan fingerprint density at radius 2 is 1.90 bits per heavy atom. The first-order chi connectivity index (χ1) is 9.77. The maximum Gasteiger partial charge on any atom is 0.168 e. The first-order valence-corrected chi connectivity index (χ1v) is 7.31. The van der Waals surface area contributed by atoms with Crippen LogP contribution in [0.1, 0.15) is 37.2 Å².